The molecule has 0 radical (unpaired) electrons. The van der Waals surface area contributed by atoms with Crippen LogP contribution in [0.5, 0.6) is 0 Å². The average Bonchev–Trinajstić information content (AvgIpc) is 2.89. The fraction of sp³-hybridized carbons (Fsp3) is 0.533. The van der Waals surface area contributed by atoms with Gasteiger partial charge in [0.1, 0.15) is 6.07 Å². The molecule has 2 rings (SSSR count). The number of halogens is 1. The first kappa shape index (κ1) is 14.4. The molecule has 1 unspecified atom stereocenters. The summed E-state index contributed by atoms with van der Waals surface area (Å²) in [5.41, 5.74) is 1.83. The summed E-state index contributed by atoms with van der Waals surface area (Å²) >= 11 is 3.43. The van der Waals surface area contributed by atoms with Crippen LogP contribution in [0.25, 0.3) is 0 Å². The van der Waals surface area contributed by atoms with Gasteiger partial charge in [0.05, 0.1) is 11.3 Å². The van der Waals surface area contributed by atoms with Gasteiger partial charge < -0.3 is 4.90 Å². The fourth-order valence-corrected chi connectivity index (χ4v) is 3.23. The average molecular weight is 322 g/mol. The number of rotatable bonds is 4. The van der Waals surface area contributed by atoms with Crippen LogP contribution in [0.2, 0.25) is 0 Å². The van der Waals surface area contributed by atoms with Crippen LogP contribution in [0.1, 0.15) is 25.8 Å². The van der Waals surface area contributed by atoms with Crippen molar-refractivity contribution in [3.05, 3.63) is 28.2 Å². The minimum absolute atomic E-state index is 0.616. The molecule has 1 fully saturated rings. The molecule has 3 nitrogen and oxygen atoms in total. The first-order valence-electron chi connectivity index (χ1n) is 6.88. The van der Waals surface area contributed by atoms with E-state index in [4.69, 9.17) is 0 Å². The van der Waals surface area contributed by atoms with Gasteiger partial charge in [0.25, 0.3) is 0 Å². The summed E-state index contributed by atoms with van der Waals surface area (Å²) in [6.07, 6.45) is 1.18. The predicted molar refractivity (Wildman–Crippen MR) is 82.4 cm³/mol. The van der Waals surface area contributed by atoms with Gasteiger partial charge in [-0.15, -0.1) is 0 Å². The molecule has 0 bridgehead atoms. The van der Waals surface area contributed by atoms with Crippen molar-refractivity contribution in [3.8, 4) is 6.07 Å². The van der Waals surface area contributed by atoms with Gasteiger partial charge >= 0.3 is 0 Å². The summed E-state index contributed by atoms with van der Waals surface area (Å²) in [5, 5.41) is 9.26. The maximum absolute atomic E-state index is 9.26. The van der Waals surface area contributed by atoms with Crippen molar-refractivity contribution >= 4 is 21.6 Å². The maximum atomic E-state index is 9.26. The van der Waals surface area contributed by atoms with Crippen LogP contribution < -0.4 is 4.90 Å². The highest BCUT2D eigenvalue weighted by Crippen LogP contribution is 2.28. The smallest absolute Gasteiger partial charge is 0.101 e. The molecule has 1 saturated heterocycles. The Hall–Kier alpha value is -1.05. The van der Waals surface area contributed by atoms with Gasteiger partial charge in [-0.25, -0.2) is 0 Å². The Morgan fingerprint density at radius 2 is 2.16 bits per heavy atom. The third kappa shape index (κ3) is 3.10. The lowest BCUT2D eigenvalue weighted by Crippen LogP contribution is -2.37. The lowest BCUT2D eigenvalue weighted by atomic mass is 10.2. The summed E-state index contributed by atoms with van der Waals surface area (Å²) < 4.78 is 0.965. The van der Waals surface area contributed by atoms with Crippen molar-refractivity contribution < 1.29 is 0 Å². The zero-order chi connectivity index (χ0) is 13.8. The number of benzene rings is 1. The van der Waals surface area contributed by atoms with Crippen LogP contribution in [-0.2, 0) is 0 Å². The first-order chi connectivity index (χ1) is 9.19. The maximum Gasteiger partial charge on any atom is 0.101 e. The summed E-state index contributed by atoms with van der Waals surface area (Å²) in [7, 11) is 0. The second-order valence-electron chi connectivity index (χ2n) is 4.88. The molecule has 1 aliphatic heterocycles. The Bertz CT molecular complexity index is 477. The highest BCUT2D eigenvalue weighted by Gasteiger charge is 2.27. The van der Waals surface area contributed by atoms with Gasteiger partial charge in [-0.3, -0.25) is 4.90 Å². The van der Waals surface area contributed by atoms with Crippen molar-refractivity contribution in [2.75, 3.05) is 31.1 Å². The SMILES string of the molecule is CCN(CC)C1CCN(c2ccc(Br)cc2C#N)C1. The highest BCUT2D eigenvalue weighted by atomic mass is 79.9. The van der Waals surface area contributed by atoms with Crippen molar-refractivity contribution in [2.45, 2.75) is 26.3 Å². The number of likely N-dealkylation sites (N-methyl/N-ethyl adjacent to an activating group) is 1. The van der Waals surface area contributed by atoms with E-state index in [-0.39, 0.29) is 0 Å². The monoisotopic (exact) mass is 321 g/mol. The van der Waals surface area contributed by atoms with E-state index in [1.807, 2.05) is 18.2 Å². The highest BCUT2D eigenvalue weighted by molar-refractivity contribution is 9.10. The van der Waals surface area contributed by atoms with Crippen LogP contribution in [0, 0.1) is 11.3 Å². The van der Waals surface area contributed by atoms with Gasteiger partial charge in [0, 0.05) is 23.6 Å². The van der Waals surface area contributed by atoms with Crippen molar-refractivity contribution in [2.24, 2.45) is 0 Å². The molecule has 0 N–H and O–H groups in total. The molecule has 1 heterocycles. The summed E-state index contributed by atoms with van der Waals surface area (Å²) in [6.45, 7) is 8.69. The van der Waals surface area contributed by atoms with Crippen LogP contribution >= 0.6 is 15.9 Å². The predicted octanol–water partition coefficient (Wildman–Crippen LogP) is 3.24. The van der Waals surface area contributed by atoms with E-state index in [0.29, 0.717) is 6.04 Å². The number of hydrogen-bond donors (Lipinski definition) is 0. The molecule has 0 saturated carbocycles. The lowest BCUT2D eigenvalue weighted by Gasteiger charge is -2.27. The normalized spacial score (nSPS) is 18.9. The van der Waals surface area contributed by atoms with Gasteiger partial charge in [0.2, 0.25) is 0 Å². The molecule has 4 heteroatoms. The van der Waals surface area contributed by atoms with Crippen molar-refractivity contribution in [1.82, 2.24) is 4.90 Å². The second kappa shape index (κ2) is 6.40. The van der Waals surface area contributed by atoms with Crippen LogP contribution in [0.3, 0.4) is 0 Å². The van der Waals surface area contributed by atoms with Gasteiger partial charge in [-0.05, 0) is 37.7 Å². The fourth-order valence-electron chi connectivity index (χ4n) is 2.87. The van der Waals surface area contributed by atoms with Crippen LogP contribution in [0.15, 0.2) is 22.7 Å². The number of nitrogens with zero attached hydrogens (tertiary/aromatic N) is 3. The summed E-state index contributed by atoms with van der Waals surface area (Å²) in [4.78, 5) is 4.85. The van der Waals surface area contributed by atoms with E-state index in [9.17, 15) is 5.26 Å². The standard InChI is InChI=1S/C15H20BrN3/c1-3-18(4-2)14-7-8-19(11-14)15-6-5-13(16)9-12(15)10-17/h5-6,9,14H,3-4,7-8,11H2,1-2H3. The molecule has 1 aromatic rings. The molecular weight excluding hydrogens is 302 g/mol. The van der Waals surface area contributed by atoms with Crippen molar-refractivity contribution in [3.63, 3.8) is 0 Å². The molecule has 0 amide bonds. The molecule has 1 aromatic carbocycles. The van der Waals surface area contributed by atoms with E-state index in [1.165, 1.54) is 6.42 Å². The molecule has 1 aliphatic rings. The number of anilines is 1. The van der Waals surface area contributed by atoms with Gasteiger partial charge in [0.15, 0.2) is 0 Å². The van der Waals surface area contributed by atoms with Crippen molar-refractivity contribution in [1.29, 1.82) is 5.26 Å². The summed E-state index contributed by atoms with van der Waals surface area (Å²) in [6, 6.07) is 8.88. The molecular formula is C15H20BrN3. The Morgan fingerprint density at radius 3 is 2.79 bits per heavy atom. The first-order valence-corrected chi connectivity index (χ1v) is 7.67. The zero-order valence-corrected chi connectivity index (χ0v) is 13.2. The van der Waals surface area contributed by atoms with Crippen LogP contribution in [-0.4, -0.2) is 37.1 Å². The molecule has 0 aromatic heterocycles. The van der Waals surface area contributed by atoms with E-state index in [2.05, 4.69) is 45.6 Å². The Labute approximate surface area is 123 Å². The largest absolute Gasteiger partial charge is 0.369 e. The minimum atomic E-state index is 0.616. The summed E-state index contributed by atoms with van der Waals surface area (Å²) in [5.74, 6) is 0. The van der Waals surface area contributed by atoms with Gasteiger partial charge in [-0.1, -0.05) is 29.8 Å². The minimum Gasteiger partial charge on any atom is -0.369 e. The van der Waals surface area contributed by atoms with E-state index in [1.54, 1.807) is 0 Å². The van der Waals surface area contributed by atoms with E-state index in [0.717, 1.165) is 41.9 Å². The van der Waals surface area contributed by atoms with Gasteiger partial charge in [-0.2, -0.15) is 5.26 Å². The molecule has 1 atom stereocenters. The Kier molecular flexibility index (Phi) is 4.84. The zero-order valence-electron chi connectivity index (χ0n) is 11.6. The van der Waals surface area contributed by atoms with E-state index < -0.39 is 0 Å². The number of nitriles is 1. The molecule has 102 valence electrons. The third-order valence-electron chi connectivity index (χ3n) is 3.91. The second-order valence-corrected chi connectivity index (χ2v) is 5.80. The molecule has 19 heavy (non-hydrogen) atoms. The quantitative estimate of drug-likeness (QED) is 0.852. The molecule has 0 spiro atoms. The third-order valence-corrected chi connectivity index (χ3v) is 4.41. The topological polar surface area (TPSA) is 30.3 Å². The lowest BCUT2D eigenvalue weighted by molar-refractivity contribution is 0.232. The Balaban J connectivity index is 2.15. The van der Waals surface area contributed by atoms with Crippen LogP contribution in [0.4, 0.5) is 5.69 Å². The van der Waals surface area contributed by atoms with E-state index >= 15 is 0 Å². The molecule has 0 aliphatic carbocycles. The number of hydrogen-bond acceptors (Lipinski definition) is 3. The Morgan fingerprint density at radius 1 is 1.42 bits per heavy atom.